The Balaban J connectivity index is 1.25. The Hall–Kier alpha value is -2.05. The highest BCUT2D eigenvalue weighted by Crippen LogP contribution is 2.30. The first-order valence-electron chi connectivity index (χ1n) is 9.19. The van der Waals surface area contributed by atoms with Crippen molar-refractivity contribution in [1.29, 1.82) is 0 Å². The fourth-order valence-corrected chi connectivity index (χ4v) is 4.34. The third kappa shape index (κ3) is 4.19. The number of nitrogens with zero attached hydrogens (tertiary/aromatic N) is 1. The molecule has 2 aliphatic heterocycles. The molecular weight excluding hydrogens is 348 g/mol. The predicted octanol–water partition coefficient (Wildman–Crippen LogP) is 2.92. The monoisotopic (exact) mass is 372 g/mol. The van der Waals surface area contributed by atoms with Crippen LogP contribution >= 0.6 is 11.3 Å². The van der Waals surface area contributed by atoms with E-state index >= 15 is 0 Å². The van der Waals surface area contributed by atoms with Crippen LogP contribution in [0.1, 0.15) is 17.7 Å². The minimum absolute atomic E-state index is 0.0881. The van der Waals surface area contributed by atoms with E-state index in [0.717, 1.165) is 26.1 Å². The lowest BCUT2D eigenvalue weighted by Crippen LogP contribution is -2.47. The van der Waals surface area contributed by atoms with Crippen molar-refractivity contribution < 1.29 is 14.3 Å². The van der Waals surface area contributed by atoms with Crippen LogP contribution in [0, 0.1) is 5.92 Å². The summed E-state index contributed by atoms with van der Waals surface area (Å²) in [7, 11) is 0. The van der Waals surface area contributed by atoms with E-state index in [-0.39, 0.29) is 12.5 Å². The molecule has 0 unspecified atom stereocenters. The number of carbonyl (C=O) groups excluding carboxylic acids is 1. The maximum Gasteiger partial charge on any atom is 0.264 e. The van der Waals surface area contributed by atoms with E-state index in [1.54, 1.807) is 0 Å². The summed E-state index contributed by atoms with van der Waals surface area (Å²) >= 11 is 1.81. The van der Waals surface area contributed by atoms with E-state index in [4.69, 9.17) is 9.47 Å². The molecule has 1 fully saturated rings. The van der Waals surface area contributed by atoms with E-state index in [2.05, 4.69) is 27.7 Å². The van der Waals surface area contributed by atoms with Gasteiger partial charge < -0.3 is 14.8 Å². The number of thiophene rings is 1. The number of nitrogens with one attached hydrogen (secondary N) is 1. The van der Waals surface area contributed by atoms with Gasteiger partial charge in [-0.1, -0.05) is 18.2 Å². The second-order valence-corrected chi connectivity index (χ2v) is 7.96. The fourth-order valence-electron chi connectivity index (χ4n) is 3.59. The number of benzene rings is 1. The highest BCUT2D eigenvalue weighted by molar-refractivity contribution is 7.09. The number of carbonyl (C=O) groups is 1. The van der Waals surface area contributed by atoms with Gasteiger partial charge in [0.25, 0.3) is 5.91 Å². The molecule has 2 aromatic rings. The summed E-state index contributed by atoms with van der Waals surface area (Å²) in [6.07, 6.45) is 1.77. The van der Waals surface area contributed by atoms with Crippen LogP contribution in [-0.2, 0) is 11.3 Å². The Bertz CT molecular complexity index is 734. The summed E-state index contributed by atoms with van der Waals surface area (Å²) in [5.74, 6) is 1.74. The summed E-state index contributed by atoms with van der Waals surface area (Å²) in [6, 6.07) is 11.8. The number of para-hydroxylation sites is 2. The molecule has 138 valence electrons. The van der Waals surface area contributed by atoms with Gasteiger partial charge in [0.05, 0.1) is 0 Å². The van der Waals surface area contributed by atoms with Crippen LogP contribution in [0.15, 0.2) is 41.8 Å². The second kappa shape index (κ2) is 8.10. The molecule has 0 bridgehead atoms. The van der Waals surface area contributed by atoms with Gasteiger partial charge in [0.2, 0.25) is 6.10 Å². The van der Waals surface area contributed by atoms with E-state index < -0.39 is 6.10 Å². The Labute approximate surface area is 157 Å². The van der Waals surface area contributed by atoms with Crippen molar-refractivity contribution in [3.8, 4) is 11.5 Å². The van der Waals surface area contributed by atoms with Crippen molar-refractivity contribution >= 4 is 17.2 Å². The van der Waals surface area contributed by atoms with Gasteiger partial charge in [0.15, 0.2) is 11.5 Å². The number of ether oxygens (including phenoxy) is 2. The molecular formula is C20H24N2O3S. The molecule has 1 aromatic heterocycles. The zero-order valence-corrected chi connectivity index (χ0v) is 15.5. The third-order valence-corrected chi connectivity index (χ3v) is 5.79. The lowest BCUT2D eigenvalue weighted by Gasteiger charge is -2.33. The quantitative estimate of drug-likeness (QED) is 0.877. The molecule has 2 atom stereocenters. The lowest BCUT2D eigenvalue weighted by atomic mass is 9.98. The van der Waals surface area contributed by atoms with E-state index in [1.807, 2.05) is 35.6 Å². The zero-order chi connectivity index (χ0) is 17.8. The average Bonchev–Trinajstić information content (AvgIpc) is 3.19. The number of hydrogen-bond acceptors (Lipinski definition) is 5. The number of fused-ring (bicyclic) bond motifs is 1. The Morgan fingerprint density at radius 3 is 2.96 bits per heavy atom. The molecule has 2 aliphatic rings. The number of rotatable bonds is 5. The van der Waals surface area contributed by atoms with Crippen LogP contribution in [0.2, 0.25) is 0 Å². The number of amides is 1. The Morgan fingerprint density at radius 1 is 1.23 bits per heavy atom. The van der Waals surface area contributed by atoms with Crippen molar-refractivity contribution in [2.24, 2.45) is 5.92 Å². The standard InChI is InChI=1S/C20H24N2O3S/c23-20(19-14-24-17-7-1-2-8-18(17)25-19)21-11-15-5-3-9-22(12-15)13-16-6-4-10-26-16/h1-2,4,6-8,10,15,19H,3,5,9,11-14H2,(H,21,23)/t15-,19+/m0/s1. The minimum Gasteiger partial charge on any atom is -0.485 e. The molecule has 1 amide bonds. The summed E-state index contributed by atoms with van der Waals surface area (Å²) < 4.78 is 11.4. The van der Waals surface area contributed by atoms with Gasteiger partial charge in [-0.2, -0.15) is 0 Å². The first kappa shape index (κ1) is 17.4. The Morgan fingerprint density at radius 2 is 2.12 bits per heavy atom. The molecule has 6 heteroatoms. The maximum atomic E-state index is 12.5. The normalized spacial score (nSPS) is 22.8. The van der Waals surface area contributed by atoms with E-state index in [9.17, 15) is 4.79 Å². The maximum absolute atomic E-state index is 12.5. The number of hydrogen-bond donors (Lipinski definition) is 1. The van der Waals surface area contributed by atoms with E-state index in [0.29, 0.717) is 24.0 Å². The molecule has 0 saturated carbocycles. The summed E-state index contributed by atoms with van der Waals surface area (Å²) in [5, 5.41) is 5.19. The van der Waals surface area contributed by atoms with Crippen LogP contribution in [0.25, 0.3) is 0 Å². The van der Waals surface area contributed by atoms with Gasteiger partial charge in [-0.15, -0.1) is 11.3 Å². The van der Waals surface area contributed by atoms with Crippen molar-refractivity contribution in [2.45, 2.75) is 25.5 Å². The smallest absolute Gasteiger partial charge is 0.264 e. The van der Waals surface area contributed by atoms with Crippen LogP contribution < -0.4 is 14.8 Å². The second-order valence-electron chi connectivity index (χ2n) is 6.93. The fraction of sp³-hybridized carbons (Fsp3) is 0.450. The van der Waals surface area contributed by atoms with E-state index in [1.165, 1.54) is 11.3 Å². The first-order chi connectivity index (χ1) is 12.8. The molecule has 1 saturated heterocycles. The highest BCUT2D eigenvalue weighted by atomic mass is 32.1. The SMILES string of the molecule is O=C(NC[C@@H]1CCCN(Cc2cccs2)C1)[C@H]1COc2ccccc2O1. The molecule has 0 radical (unpaired) electrons. The topological polar surface area (TPSA) is 50.8 Å². The summed E-state index contributed by atoms with van der Waals surface area (Å²) in [4.78, 5) is 16.4. The molecule has 0 aliphatic carbocycles. The summed E-state index contributed by atoms with van der Waals surface area (Å²) in [6.45, 7) is 4.14. The van der Waals surface area contributed by atoms with Crippen molar-refractivity contribution in [2.75, 3.05) is 26.2 Å². The predicted molar refractivity (Wildman–Crippen MR) is 102 cm³/mol. The molecule has 1 aromatic carbocycles. The molecule has 3 heterocycles. The molecule has 4 rings (SSSR count). The average molecular weight is 372 g/mol. The van der Waals surface area contributed by atoms with Crippen LogP contribution in [0.4, 0.5) is 0 Å². The van der Waals surface area contributed by atoms with Crippen LogP contribution in [0.5, 0.6) is 11.5 Å². The number of piperidine rings is 1. The third-order valence-electron chi connectivity index (χ3n) is 4.93. The van der Waals surface area contributed by atoms with Crippen molar-refractivity contribution in [1.82, 2.24) is 10.2 Å². The zero-order valence-electron chi connectivity index (χ0n) is 14.7. The number of likely N-dealkylation sites (tertiary alicyclic amines) is 1. The van der Waals surface area contributed by atoms with Crippen molar-refractivity contribution in [3.05, 3.63) is 46.7 Å². The molecule has 26 heavy (non-hydrogen) atoms. The van der Waals surface area contributed by atoms with Gasteiger partial charge in [0, 0.05) is 24.5 Å². The van der Waals surface area contributed by atoms with Crippen LogP contribution in [-0.4, -0.2) is 43.2 Å². The van der Waals surface area contributed by atoms with Gasteiger partial charge in [-0.25, -0.2) is 0 Å². The molecule has 0 spiro atoms. The van der Waals surface area contributed by atoms with Gasteiger partial charge >= 0.3 is 0 Å². The minimum atomic E-state index is -0.573. The van der Waals surface area contributed by atoms with Crippen LogP contribution in [0.3, 0.4) is 0 Å². The van der Waals surface area contributed by atoms with Crippen molar-refractivity contribution in [3.63, 3.8) is 0 Å². The highest BCUT2D eigenvalue weighted by Gasteiger charge is 2.28. The first-order valence-corrected chi connectivity index (χ1v) is 10.1. The van der Waals surface area contributed by atoms with Gasteiger partial charge in [0.1, 0.15) is 6.61 Å². The lowest BCUT2D eigenvalue weighted by molar-refractivity contribution is -0.130. The largest absolute Gasteiger partial charge is 0.485 e. The summed E-state index contributed by atoms with van der Waals surface area (Å²) in [5.41, 5.74) is 0. The van der Waals surface area contributed by atoms with Gasteiger partial charge in [-0.05, 0) is 48.9 Å². The molecule has 5 nitrogen and oxygen atoms in total. The molecule has 1 N–H and O–H groups in total. The van der Waals surface area contributed by atoms with Gasteiger partial charge in [-0.3, -0.25) is 9.69 Å². The Kier molecular flexibility index (Phi) is 5.41.